The van der Waals surface area contributed by atoms with E-state index in [1.165, 1.54) is 11.3 Å². The van der Waals surface area contributed by atoms with Gasteiger partial charge in [0.25, 0.3) is 0 Å². The van der Waals surface area contributed by atoms with E-state index in [2.05, 4.69) is 29.3 Å². The van der Waals surface area contributed by atoms with E-state index in [9.17, 15) is 0 Å². The smallest absolute Gasteiger partial charge is 0.156 e. The lowest BCUT2D eigenvalue weighted by Gasteiger charge is -2.03. The number of aliphatic hydroxyl groups excluding tert-OH is 1. The second-order valence-electron chi connectivity index (χ2n) is 5.60. The van der Waals surface area contributed by atoms with Gasteiger partial charge >= 0.3 is 0 Å². The van der Waals surface area contributed by atoms with Crippen LogP contribution in [-0.2, 0) is 19.7 Å². The Bertz CT molecular complexity index is 799. The molecule has 0 saturated carbocycles. The number of rotatable bonds is 6. The fourth-order valence-electron chi connectivity index (χ4n) is 2.64. The molecule has 3 heterocycles. The van der Waals surface area contributed by atoms with Crippen LogP contribution >= 0.6 is 0 Å². The summed E-state index contributed by atoms with van der Waals surface area (Å²) in [7, 11) is 0. The molecule has 0 saturated heterocycles. The Morgan fingerprint density at radius 2 is 2.09 bits per heavy atom. The first-order valence-corrected chi connectivity index (χ1v) is 7.75. The zero-order chi connectivity index (χ0) is 16.4. The molecule has 122 valence electrons. The Labute approximate surface area is 134 Å². The molecule has 0 spiro atoms. The third-order valence-electron chi connectivity index (χ3n) is 3.90. The lowest BCUT2D eigenvalue weighted by atomic mass is 10.2. The maximum absolute atomic E-state index is 9.06. The lowest BCUT2D eigenvalue weighted by Crippen LogP contribution is -2.04. The van der Waals surface area contributed by atoms with Crippen LogP contribution in [0.2, 0.25) is 0 Å². The summed E-state index contributed by atoms with van der Waals surface area (Å²) in [5, 5.41) is 22.0. The van der Waals surface area contributed by atoms with Gasteiger partial charge in [-0.15, -0.1) is 5.10 Å². The molecule has 7 heteroatoms. The summed E-state index contributed by atoms with van der Waals surface area (Å²) in [6.07, 6.45) is 2.90. The summed E-state index contributed by atoms with van der Waals surface area (Å²) in [5.41, 5.74) is 4.02. The number of aryl methyl sites for hydroxylation is 2. The molecule has 1 N–H and O–H groups in total. The summed E-state index contributed by atoms with van der Waals surface area (Å²) in [5.74, 6) is 1.12. The quantitative estimate of drug-likeness (QED) is 0.755. The van der Waals surface area contributed by atoms with Gasteiger partial charge in [-0.2, -0.15) is 5.10 Å². The molecular weight excluding hydrogens is 294 g/mol. The maximum Gasteiger partial charge on any atom is 0.156 e. The topological polar surface area (TPSA) is 81.9 Å². The molecule has 0 aliphatic carbocycles. The third kappa shape index (κ3) is 3.05. The van der Waals surface area contributed by atoms with Crippen LogP contribution in [-0.4, -0.2) is 29.9 Å². The molecular formula is C16H21N5O2. The summed E-state index contributed by atoms with van der Waals surface area (Å²) in [6.45, 7) is 7.68. The van der Waals surface area contributed by atoms with Gasteiger partial charge in [-0.05, 0) is 32.4 Å². The van der Waals surface area contributed by atoms with Crippen LogP contribution in [0.5, 0.6) is 0 Å². The van der Waals surface area contributed by atoms with Crippen molar-refractivity contribution in [1.29, 1.82) is 0 Å². The molecule has 0 radical (unpaired) electrons. The molecule has 3 aromatic heterocycles. The highest BCUT2D eigenvalue weighted by atomic mass is 16.4. The normalized spacial score (nSPS) is 11.3. The molecule has 3 aromatic rings. The van der Waals surface area contributed by atoms with E-state index in [0.29, 0.717) is 23.8 Å². The van der Waals surface area contributed by atoms with Crippen molar-refractivity contribution in [1.82, 2.24) is 24.8 Å². The first kappa shape index (κ1) is 15.5. The highest BCUT2D eigenvalue weighted by Crippen LogP contribution is 2.21. The van der Waals surface area contributed by atoms with Crippen LogP contribution in [0.25, 0.3) is 11.5 Å². The first-order valence-electron chi connectivity index (χ1n) is 7.75. The van der Waals surface area contributed by atoms with Crippen molar-refractivity contribution < 1.29 is 9.52 Å². The van der Waals surface area contributed by atoms with Crippen molar-refractivity contribution in [3.63, 3.8) is 0 Å². The molecule has 7 nitrogen and oxygen atoms in total. The van der Waals surface area contributed by atoms with Crippen molar-refractivity contribution in [3.8, 4) is 11.5 Å². The SMILES string of the molecule is CCCn1nc(C)c(Cn2cc(-c3ccc(CO)o3)nn2)c1C. The van der Waals surface area contributed by atoms with E-state index < -0.39 is 0 Å². The van der Waals surface area contributed by atoms with Crippen molar-refractivity contribution >= 4 is 0 Å². The fraction of sp³-hybridized carbons (Fsp3) is 0.438. The highest BCUT2D eigenvalue weighted by Gasteiger charge is 2.14. The van der Waals surface area contributed by atoms with E-state index in [1.807, 2.05) is 17.8 Å². The Balaban J connectivity index is 1.82. The fourth-order valence-corrected chi connectivity index (χ4v) is 2.64. The second kappa shape index (κ2) is 6.37. The van der Waals surface area contributed by atoms with Crippen LogP contribution in [0.3, 0.4) is 0 Å². The van der Waals surface area contributed by atoms with Crippen LogP contribution in [0, 0.1) is 13.8 Å². The van der Waals surface area contributed by atoms with Crippen LogP contribution in [0.4, 0.5) is 0 Å². The number of nitrogens with zero attached hydrogens (tertiary/aromatic N) is 5. The predicted molar refractivity (Wildman–Crippen MR) is 84.7 cm³/mol. The van der Waals surface area contributed by atoms with Crippen molar-refractivity contribution in [3.05, 3.63) is 41.0 Å². The molecule has 0 aliphatic rings. The molecule has 3 rings (SSSR count). The molecule has 0 atom stereocenters. The zero-order valence-electron chi connectivity index (χ0n) is 13.7. The molecule has 0 aromatic carbocycles. The average molecular weight is 315 g/mol. The van der Waals surface area contributed by atoms with Crippen LogP contribution in [0.15, 0.2) is 22.7 Å². The minimum Gasteiger partial charge on any atom is -0.457 e. The van der Waals surface area contributed by atoms with Gasteiger partial charge in [-0.3, -0.25) is 4.68 Å². The molecule has 0 bridgehead atoms. The van der Waals surface area contributed by atoms with Crippen molar-refractivity contribution in [2.75, 3.05) is 0 Å². The molecule has 0 unspecified atom stereocenters. The minimum atomic E-state index is -0.122. The standard InChI is InChI=1S/C16H21N5O2/c1-4-7-21-12(3)14(11(2)18-21)8-20-9-15(17-19-20)16-6-5-13(10-22)23-16/h5-6,9,22H,4,7-8,10H2,1-3H3. The molecule has 23 heavy (non-hydrogen) atoms. The largest absolute Gasteiger partial charge is 0.457 e. The third-order valence-corrected chi connectivity index (χ3v) is 3.90. The average Bonchev–Trinajstić information content (AvgIpc) is 3.24. The molecule has 0 fully saturated rings. The highest BCUT2D eigenvalue weighted by molar-refractivity contribution is 5.50. The Morgan fingerprint density at radius 3 is 2.78 bits per heavy atom. The summed E-state index contributed by atoms with van der Waals surface area (Å²) < 4.78 is 9.31. The van der Waals surface area contributed by atoms with Gasteiger partial charge in [0.2, 0.25) is 0 Å². The summed E-state index contributed by atoms with van der Waals surface area (Å²) in [6, 6.07) is 3.52. The predicted octanol–water partition coefficient (Wildman–Crippen LogP) is 2.30. The van der Waals surface area contributed by atoms with Gasteiger partial charge in [0.1, 0.15) is 18.1 Å². The second-order valence-corrected chi connectivity index (χ2v) is 5.60. The van der Waals surface area contributed by atoms with E-state index in [0.717, 1.165) is 18.7 Å². The van der Waals surface area contributed by atoms with Gasteiger partial charge in [0.05, 0.1) is 18.4 Å². The lowest BCUT2D eigenvalue weighted by molar-refractivity contribution is 0.248. The zero-order valence-corrected chi connectivity index (χ0v) is 13.7. The number of aliphatic hydroxyl groups is 1. The minimum absolute atomic E-state index is 0.122. The number of aromatic nitrogens is 5. The van der Waals surface area contributed by atoms with Crippen molar-refractivity contribution in [2.45, 2.75) is 46.9 Å². The number of hydrogen-bond acceptors (Lipinski definition) is 5. The maximum atomic E-state index is 9.06. The van der Waals surface area contributed by atoms with Gasteiger partial charge < -0.3 is 9.52 Å². The summed E-state index contributed by atoms with van der Waals surface area (Å²) >= 11 is 0. The Kier molecular flexibility index (Phi) is 4.29. The van der Waals surface area contributed by atoms with Crippen LogP contribution in [0.1, 0.15) is 36.1 Å². The number of furan rings is 1. The van der Waals surface area contributed by atoms with Gasteiger partial charge in [0, 0.05) is 17.8 Å². The first-order chi connectivity index (χ1) is 11.1. The summed E-state index contributed by atoms with van der Waals surface area (Å²) in [4.78, 5) is 0. The van der Waals surface area contributed by atoms with Crippen molar-refractivity contribution in [2.24, 2.45) is 0 Å². The monoisotopic (exact) mass is 315 g/mol. The van der Waals surface area contributed by atoms with Crippen LogP contribution < -0.4 is 0 Å². The van der Waals surface area contributed by atoms with E-state index in [4.69, 9.17) is 9.52 Å². The number of hydrogen-bond donors (Lipinski definition) is 1. The van der Waals surface area contributed by atoms with Gasteiger partial charge in [0.15, 0.2) is 5.76 Å². The molecule has 0 aliphatic heterocycles. The Morgan fingerprint density at radius 1 is 1.26 bits per heavy atom. The van der Waals surface area contributed by atoms with E-state index >= 15 is 0 Å². The van der Waals surface area contributed by atoms with Gasteiger partial charge in [-0.25, -0.2) is 4.68 Å². The van der Waals surface area contributed by atoms with Gasteiger partial charge in [-0.1, -0.05) is 12.1 Å². The molecule has 0 amide bonds. The van der Waals surface area contributed by atoms with E-state index in [1.54, 1.807) is 16.8 Å². The Hall–Kier alpha value is -2.41. The van der Waals surface area contributed by atoms with E-state index in [-0.39, 0.29) is 6.61 Å².